The van der Waals surface area contributed by atoms with Crippen LogP contribution >= 0.6 is 0 Å². The summed E-state index contributed by atoms with van der Waals surface area (Å²) >= 11 is 0. The minimum absolute atomic E-state index is 1.16. The molecule has 9 rings (SSSR count). The van der Waals surface area contributed by atoms with Crippen molar-refractivity contribution in [1.82, 2.24) is 0 Å². The number of hydrogen-bond acceptors (Lipinski definition) is 0. The molecule has 0 atom stereocenters. The van der Waals surface area contributed by atoms with Gasteiger partial charge in [0.25, 0.3) is 0 Å². The van der Waals surface area contributed by atoms with Gasteiger partial charge in [-0.2, -0.15) is 0 Å². The summed E-state index contributed by atoms with van der Waals surface area (Å²) in [6.07, 6.45) is 71.1. The number of benzene rings is 5. The van der Waals surface area contributed by atoms with Crippen LogP contribution in [0.4, 0.5) is 0 Å². The second kappa shape index (κ2) is 30.4. The molecule has 0 spiro atoms. The van der Waals surface area contributed by atoms with Gasteiger partial charge >= 0.3 is 0 Å². The van der Waals surface area contributed by atoms with E-state index in [-0.39, 0.29) is 0 Å². The van der Waals surface area contributed by atoms with E-state index >= 15 is 0 Å². The monoisotopic (exact) mass is 1110 g/mol. The summed E-state index contributed by atoms with van der Waals surface area (Å²) in [6, 6.07) is 47.1. The van der Waals surface area contributed by atoms with Gasteiger partial charge in [0.1, 0.15) is 0 Å². The molecule has 0 fully saturated rings. The summed E-state index contributed by atoms with van der Waals surface area (Å²) in [5.74, 6) is 0. The topological polar surface area (TPSA) is 0 Å². The van der Waals surface area contributed by atoms with Gasteiger partial charge in [0.15, 0.2) is 0 Å². The molecule has 0 N–H and O–H groups in total. The van der Waals surface area contributed by atoms with Crippen molar-refractivity contribution in [2.24, 2.45) is 0 Å². The zero-order valence-electron chi connectivity index (χ0n) is 51.2. The molecule has 0 unspecified atom stereocenters. The lowest BCUT2D eigenvalue weighted by Crippen LogP contribution is -1.86. The Kier molecular flexibility index (Phi) is 21.4. The first kappa shape index (κ1) is 60.5. The summed E-state index contributed by atoms with van der Waals surface area (Å²) < 4.78 is 0. The fraction of sp³-hybridized carbons (Fsp3) is 0.0930. The molecule has 0 saturated heterocycles. The molecule has 0 amide bonds. The maximum atomic E-state index is 2.26. The van der Waals surface area contributed by atoms with Crippen LogP contribution in [0.1, 0.15) is 99.9 Å². The molecule has 0 saturated carbocycles. The summed E-state index contributed by atoms with van der Waals surface area (Å²) in [5.41, 5.74) is 28.4. The molecule has 0 radical (unpaired) electrons. The summed E-state index contributed by atoms with van der Waals surface area (Å²) in [4.78, 5) is 0. The number of allylic oxidation sites excluding steroid dienone is 40. The van der Waals surface area contributed by atoms with Crippen molar-refractivity contribution < 1.29 is 0 Å². The van der Waals surface area contributed by atoms with Gasteiger partial charge in [0, 0.05) is 0 Å². The second-order valence-electron chi connectivity index (χ2n) is 22.7. The van der Waals surface area contributed by atoms with Gasteiger partial charge in [-0.3, -0.25) is 0 Å². The molecule has 0 heteroatoms. The van der Waals surface area contributed by atoms with E-state index in [4.69, 9.17) is 0 Å². The lowest BCUT2D eigenvalue weighted by atomic mass is 9.99. The molecule has 0 nitrogen and oxygen atoms in total. The molecule has 4 aliphatic carbocycles. The smallest absolute Gasteiger partial charge is 0.0251 e. The zero-order valence-corrected chi connectivity index (χ0v) is 51.2. The van der Waals surface area contributed by atoms with Crippen LogP contribution in [0.25, 0.3) is 48.6 Å². The van der Waals surface area contributed by atoms with E-state index in [2.05, 4.69) is 371 Å². The standard InChI is InChI=1S/C86H78/c1-63-47-79(39-31-71-15-11-9-12-16-71)48-64(2)52-81(51-63)41-33-73-19-23-75(24-20-73)35-43-83-55-67(5)59-85(60-68(6)56-83)45-37-77-27-29-78(30-28-77)38-46-86-61-69(7)57-84(58-70(8)62-86)44-36-76-25-21-74(22-26-76)34-42-82-53-65(3)49-80(50-66(4)54-82)40-32-72-17-13-10-14-18-72/h9-62H,1-8H3/b39-31+,40-32+,41-33+,42-34+,43-35+,44-36+,45-37+,46-38+,63-47-,63-51?,64-48?,64-52-,65-49-,65-53?,66-50?,66-54-,67-55-,67-59?,68-56?,68-60-,69-57-,69-61?,70-58?,70-62-,79-47?,79-48-,80-49?,80-50-,81-51-,81-52?,82-53-,82-54?,83-55?,83-56-,84-57?,84-58-,85-59-,85-60?,86-61-,86-62?. The van der Waals surface area contributed by atoms with Gasteiger partial charge in [-0.15, -0.1) is 0 Å². The normalized spacial score (nSPS) is 26.3. The Bertz CT molecular complexity index is 3820. The van der Waals surface area contributed by atoms with Crippen LogP contribution in [-0.4, -0.2) is 0 Å². The summed E-state index contributed by atoms with van der Waals surface area (Å²) in [7, 11) is 0. The van der Waals surface area contributed by atoms with E-state index in [9.17, 15) is 0 Å². The number of hydrogen-bond donors (Lipinski definition) is 0. The summed E-state index contributed by atoms with van der Waals surface area (Å²) in [5, 5.41) is 0. The van der Waals surface area contributed by atoms with Gasteiger partial charge < -0.3 is 0 Å². The highest BCUT2D eigenvalue weighted by atomic mass is 14.1. The van der Waals surface area contributed by atoms with E-state index in [1.165, 1.54) is 111 Å². The molecule has 0 aromatic heterocycles. The van der Waals surface area contributed by atoms with Gasteiger partial charge in [0.2, 0.25) is 0 Å². The van der Waals surface area contributed by atoms with E-state index in [0.29, 0.717) is 0 Å². The van der Waals surface area contributed by atoms with Crippen LogP contribution in [0.3, 0.4) is 0 Å². The van der Waals surface area contributed by atoms with Crippen LogP contribution in [0.15, 0.2) is 368 Å². The largest absolute Gasteiger partial charge is 0.0622 e. The SMILES string of the molecule is CC1=C/C(/C=C/c2ccccc2)=C\C(C)=C/C(/C=C/c2ccc(/C=C/C3=C/C(C)=C\C(\C=C\c4ccc(/C=C/C5=C/C(C)=C\C(\C=C\c6ccc(/C=C/C7=C/C(C)=C\C(\C=C\c8ccccc8)=C/C(C)=C\7)cc6)=C/C(C)=C\5)cc4)=C/C(C)=C\3)cc2)=C\1. The Morgan fingerprint density at radius 3 is 0.407 bits per heavy atom. The van der Waals surface area contributed by atoms with Crippen LogP contribution in [0.5, 0.6) is 0 Å². The van der Waals surface area contributed by atoms with Crippen LogP contribution in [-0.2, 0) is 0 Å². The molecule has 0 bridgehead atoms. The third-order valence-electron chi connectivity index (χ3n) is 14.5. The van der Waals surface area contributed by atoms with Crippen molar-refractivity contribution in [1.29, 1.82) is 0 Å². The first-order chi connectivity index (χ1) is 41.7. The molecule has 4 aliphatic rings. The first-order valence-corrected chi connectivity index (χ1v) is 29.8. The molecule has 0 heterocycles. The predicted octanol–water partition coefficient (Wildman–Crippen LogP) is 23.6. The minimum Gasteiger partial charge on any atom is -0.0622 e. The third kappa shape index (κ3) is 20.0. The summed E-state index contributed by atoms with van der Waals surface area (Å²) in [6.45, 7) is 17.3. The van der Waals surface area contributed by atoms with Crippen molar-refractivity contribution in [3.05, 3.63) is 413 Å². The highest BCUT2D eigenvalue weighted by molar-refractivity contribution is 5.68. The third-order valence-corrected chi connectivity index (χ3v) is 14.5. The van der Waals surface area contributed by atoms with Crippen LogP contribution in [0, 0.1) is 0 Å². The molecule has 5 aromatic rings. The van der Waals surface area contributed by atoms with Gasteiger partial charge in [0.05, 0.1) is 0 Å². The Morgan fingerprint density at radius 1 is 0.140 bits per heavy atom. The van der Waals surface area contributed by atoms with Crippen molar-refractivity contribution in [2.75, 3.05) is 0 Å². The second-order valence-corrected chi connectivity index (χ2v) is 22.7. The van der Waals surface area contributed by atoms with Crippen molar-refractivity contribution in [3.63, 3.8) is 0 Å². The Balaban J connectivity index is 0.745. The average molecular weight is 1110 g/mol. The van der Waals surface area contributed by atoms with Crippen molar-refractivity contribution in [3.8, 4) is 0 Å². The molecular formula is C86H78. The Labute approximate surface area is 514 Å². The Hall–Kier alpha value is -10.1. The van der Waals surface area contributed by atoms with Gasteiger partial charge in [-0.05, 0) is 189 Å². The van der Waals surface area contributed by atoms with Crippen LogP contribution in [0.2, 0.25) is 0 Å². The Morgan fingerprint density at radius 2 is 0.267 bits per heavy atom. The van der Waals surface area contributed by atoms with Crippen LogP contribution < -0.4 is 0 Å². The van der Waals surface area contributed by atoms with E-state index in [0.717, 1.165) is 22.3 Å². The highest BCUT2D eigenvalue weighted by Gasteiger charge is 2.05. The first-order valence-electron chi connectivity index (χ1n) is 29.8. The van der Waals surface area contributed by atoms with Gasteiger partial charge in [-0.25, -0.2) is 0 Å². The van der Waals surface area contributed by atoms with E-state index in [1.54, 1.807) is 0 Å². The average Bonchev–Trinajstić information content (AvgIpc) is 3.63. The minimum atomic E-state index is 1.16. The van der Waals surface area contributed by atoms with E-state index in [1.807, 2.05) is 12.1 Å². The van der Waals surface area contributed by atoms with Gasteiger partial charge in [-0.1, -0.05) is 328 Å². The highest BCUT2D eigenvalue weighted by Crippen LogP contribution is 2.26. The fourth-order valence-electron chi connectivity index (χ4n) is 10.5. The molecular weight excluding hydrogens is 1030 g/mol. The predicted molar refractivity (Wildman–Crippen MR) is 379 cm³/mol. The van der Waals surface area contributed by atoms with Crippen molar-refractivity contribution >= 4 is 48.6 Å². The maximum absolute atomic E-state index is 2.26. The van der Waals surface area contributed by atoms with E-state index < -0.39 is 0 Å². The fourth-order valence-corrected chi connectivity index (χ4v) is 10.5. The molecule has 5 aromatic carbocycles. The lowest BCUT2D eigenvalue weighted by molar-refractivity contribution is 1.39. The molecule has 86 heavy (non-hydrogen) atoms. The van der Waals surface area contributed by atoms with Crippen molar-refractivity contribution in [2.45, 2.75) is 55.4 Å². The quantitative estimate of drug-likeness (QED) is 0.0924. The molecule has 0 aliphatic heterocycles. The number of rotatable bonds is 16. The maximum Gasteiger partial charge on any atom is -0.0251 e. The molecule has 422 valence electrons. The lowest BCUT2D eigenvalue weighted by Gasteiger charge is -2.07. The zero-order chi connectivity index (χ0) is 60.0.